The van der Waals surface area contributed by atoms with Crippen LogP contribution in [0.5, 0.6) is 0 Å². The fourth-order valence-corrected chi connectivity index (χ4v) is 8.21. The third kappa shape index (κ3) is 3.26. The van der Waals surface area contributed by atoms with Gasteiger partial charge < -0.3 is 39.7 Å². The normalized spacial score (nSPS) is 43.4. The monoisotopic (exact) mass is 560 g/mol. The first kappa shape index (κ1) is 28.7. The third-order valence-corrected chi connectivity index (χ3v) is 10.2. The maximum atomic E-state index is 13.8. The van der Waals surface area contributed by atoms with Gasteiger partial charge in [0.25, 0.3) is 0 Å². The zero-order chi connectivity index (χ0) is 29.6. The van der Waals surface area contributed by atoms with Gasteiger partial charge in [-0.3, -0.25) is 4.79 Å². The van der Waals surface area contributed by atoms with E-state index in [0.717, 1.165) is 6.92 Å². The standard InChI is InChI=1S/C29H36O11/c1-14-17(32)12-27-20(14)29(37,24(35)40-25(27,3)4)26(5)18(33)11-19(38-15(2)31)28(36,13-30)21(26)22(27)39-23(34)16-9-7-6-8-10-16/h6-10,17-19,21-22,30,32-33,36-37H,11-13H2,1-5H3/t17-,18-,19-,21?,22-,26+,27-,28-,29+/m0/s1. The highest BCUT2D eigenvalue weighted by Crippen LogP contribution is 2.74. The number of rotatable bonds is 4. The maximum Gasteiger partial charge on any atom is 0.343 e. The summed E-state index contributed by atoms with van der Waals surface area (Å²) in [5.74, 6) is -4.30. The van der Waals surface area contributed by atoms with Crippen LogP contribution < -0.4 is 0 Å². The lowest BCUT2D eigenvalue weighted by atomic mass is 9.38. The molecule has 9 atom stereocenters. The fourth-order valence-electron chi connectivity index (χ4n) is 8.21. The Kier molecular flexibility index (Phi) is 6.34. The number of benzene rings is 1. The molecule has 11 heteroatoms. The number of cyclic esters (lactones) is 1. The van der Waals surface area contributed by atoms with E-state index in [1.54, 1.807) is 39.0 Å². The van der Waals surface area contributed by atoms with E-state index in [1.807, 2.05) is 0 Å². The van der Waals surface area contributed by atoms with E-state index in [1.165, 1.54) is 19.1 Å². The number of esters is 3. The summed E-state index contributed by atoms with van der Waals surface area (Å²) in [6.45, 7) is 6.09. The summed E-state index contributed by atoms with van der Waals surface area (Å²) in [4.78, 5) is 39.5. The average molecular weight is 561 g/mol. The van der Waals surface area contributed by atoms with Crippen LogP contribution in [0.3, 0.4) is 0 Å². The molecule has 0 aromatic heterocycles. The molecule has 2 saturated carbocycles. The molecule has 40 heavy (non-hydrogen) atoms. The molecule has 0 amide bonds. The molecule has 5 rings (SSSR count). The van der Waals surface area contributed by atoms with E-state index in [-0.39, 0.29) is 23.1 Å². The first-order valence-corrected chi connectivity index (χ1v) is 13.3. The second kappa shape index (κ2) is 8.83. The number of carbonyl (C=O) groups excluding carboxylic acids is 3. The van der Waals surface area contributed by atoms with Crippen LogP contribution in [-0.2, 0) is 23.8 Å². The zero-order valence-corrected chi connectivity index (χ0v) is 23.1. The van der Waals surface area contributed by atoms with Crippen LogP contribution in [-0.4, -0.2) is 91.3 Å². The number of hydrogen-bond acceptors (Lipinski definition) is 11. The van der Waals surface area contributed by atoms with E-state index >= 15 is 0 Å². The number of aliphatic hydroxyl groups excluding tert-OH is 3. The van der Waals surface area contributed by atoms with Crippen LogP contribution in [0.25, 0.3) is 0 Å². The Labute approximate surface area is 231 Å². The second-order valence-corrected chi connectivity index (χ2v) is 12.3. The summed E-state index contributed by atoms with van der Waals surface area (Å²) >= 11 is 0. The summed E-state index contributed by atoms with van der Waals surface area (Å²) in [6.07, 6.45) is -6.41. The van der Waals surface area contributed by atoms with Crippen molar-refractivity contribution in [1.29, 1.82) is 0 Å². The van der Waals surface area contributed by atoms with Gasteiger partial charge in [-0.05, 0) is 50.5 Å². The van der Waals surface area contributed by atoms with Gasteiger partial charge in [-0.1, -0.05) is 25.1 Å². The smallest absolute Gasteiger partial charge is 0.343 e. The van der Waals surface area contributed by atoms with Gasteiger partial charge in [-0.15, -0.1) is 0 Å². The molecule has 4 aliphatic rings. The van der Waals surface area contributed by atoms with E-state index in [2.05, 4.69) is 0 Å². The highest BCUT2D eigenvalue weighted by molar-refractivity contribution is 5.91. The molecular formula is C29H36O11. The first-order chi connectivity index (χ1) is 18.5. The van der Waals surface area contributed by atoms with Gasteiger partial charge in [0.1, 0.15) is 23.4 Å². The zero-order valence-electron chi connectivity index (χ0n) is 23.1. The van der Waals surface area contributed by atoms with Gasteiger partial charge in [-0.25, -0.2) is 9.59 Å². The van der Waals surface area contributed by atoms with Crippen LogP contribution in [0, 0.1) is 16.7 Å². The number of fused-ring (bicyclic) bond motifs is 2. The van der Waals surface area contributed by atoms with Crippen molar-refractivity contribution >= 4 is 17.9 Å². The van der Waals surface area contributed by atoms with Gasteiger partial charge >= 0.3 is 17.9 Å². The minimum absolute atomic E-state index is 0.0589. The molecule has 11 nitrogen and oxygen atoms in total. The largest absolute Gasteiger partial charge is 0.459 e. The van der Waals surface area contributed by atoms with Gasteiger partial charge in [-0.2, -0.15) is 0 Å². The van der Waals surface area contributed by atoms with Crippen molar-refractivity contribution in [3.05, 3.63) is 47.0 Å². The van der Waals surface area contributed by atoms with Crippen molar-refractivity contribution in [1.82, 2.24) is 0 Å². The lowest BCUT2D eigenvalue weighted by molar-refractivity contribution is -0.341. The molecule has 0 radical (unpaired) electrons. The molecule has 3 fully saturated rings. The Balaban J connectivity index is 1.85. The van der Waals surface area contributed by atoms with E-state index in [0.29, 0.717) is 0 Å². The summed E-state index contributed by atoms with van der Waals surface area (Å²) in [7, 11) is 0. The molecule has 3 aliphatic carbocycles. The molecule has 1 aromatic carbocycles. The van der Waals surface area contributed by atoms with Crippen molar-refractivity contribution in [2.75, 3.05) is 6.61 Å². The van der Waals surface area contributed by atoms with Crippen LogP contribution >= 0.6 is 0 Å². The predicted molar refractivity (Wildman–Crippen MR) is 136 cm³/mol. The van der Waals surface area contributed by atoms with Crippen molar-refractivity contribution in [2.45, 2.75) is 88.7 Å². The molecule has 0 spiro atoms. The lowest BCUT2D eigenvalue weighted by Crippen LogP contribution is -2.85. The van der Waals surface area contributed by atoms with E-state index < -0.39 is 88.9 Å². The third-order valence-electron chi connectivity index (χ3n) is 10.2. The number of aliphatic hydroxyl groups is 5. The Hall–Kier alpha value is -2.83. The SMILES string of the molecule is CC(=O)O[C@H]1C[C@H](O)[C@]2(C)C([C@H](OC(=O)c3ccccc3)[C@]34C[C@H](O)C(C)=C3[C@@]2(O)C(=O)OC4(C)C)[C@]1(O)CO. The van der Waals surface area contributed by atoms with Gasteiger partial charge in [0.2, 0.25) is 0 Å². The molecule has 218 valence electrons. The maximum absolute atomic E-state index is 13.8. The van der Waals surface area contributed by atoms with Crippen LogP contribution in [0.15, 0.2) is 41.5 Å². The Bertz CT molecular complexity index is 1290. The molecule has 1 heterocycles. The topological polar surface area (TPSA) is 180 Å². The Morgan fingerprint density at radius 3 is 2.27 bits per heavy atom. The molecule has 2 bridgehead atoms. The van der Waals surface area contributed by atoms with Crippen molar-refractivity contribution < 1.29 is 54.1 Å². The molecule has 1 unspecified atom stereocenters. The average Bonchev–Trinajstić information content (AvgIpc) is 3.17. The highest BCUT2D eigenvalue weighted by atomic mass is 16.6. The highest BCUT2D eigenvalue weighted by Gasteiger charge is 2.86. The molecular weight excluding hydrogens is 524 g/mol. The predicted octanol–water partition coefficient (Wildman–Crippen LogP) is 0.402. The summed E-state index contributed by atoms with van der Waals surface area (Å²) < 4.78 is 17.4. The first-order valence-electron chi connectivity index (χ1n) is 13.3. The summed E-state index contributed by atoms with van der Waals surface area (Å²) in [5, 5.41) is 58.3. The molecule has 1 aliphatic heterocycles. The minimum Gasteiger partial charge on any atom is -0.459 e. The Morgan fingerprint density at radius 1 is 1.07 bits per heavy atom. The molecule has 1 saturated heterocycles. The van der Waals surface area contributed by atoms with E-state index in [9.17, 15) is 39.9 Å². The molecule has 1 aromatic rings. The van der Waals surface area contributed by atoms with Crippen LogP contribution in [0.1, 0.15) is 57.8 Å². The van der Waals surface area contributed by atoms with Gasteiger partial charge in [0, 0.05) is 24.7 Å². The number of ether oxygens (including phenoxy) is 3. The number of carbonyl (C=O) groups is 3. The van der Waals surface area contributed by atoms with Crippen LogP contribution in [0.2, 0.25) is 0 Å². The van der Waals surface area contributed by atoms with Gasteiger partial charge in [0.15, 0.2) is 5.60 Å². The second-order valence-electron chi connectivity index (χ2n) is 12.3. The summed E-state index contributed by atoms with van der Waals surface area (Å²) in [6, 6.07) is 8.01. The van der Waals surface area contributed by atoms with Crippen molar-refractivity contribution in [3.8, 4) is 0 Å². The Morgan fingerprint density at radius 2 is 1.70 bits per heavy atom. The summed E-state index contributed by atoms with van der Waals surface area (Å²) in [5.41, 5.74) is -9.68. The quantitative estimate of drug-likeness (QED) is 0.195. The van der Waals surface area contributed by atoms with E-state index in [4.69, 9.17) is 14.2 Å². The lowest BCUT2D eigenvalue weighted by Gasteiger charge is -2.71. The van der Waals surface area contributed by atoms with Crippen molar-refractivity contribution in [2.24, 2.45) is 16.7 Å². The number of hydrogen-bond donors (Lipinski definition) is 5. The molecule has 5 N–H and O–H groups in total. The van der Waals surface area contributed by atoms with Gasteiger partial charge in [0.05, 0.1) is 29.8 Å². The fraction of sp³-hybridized carbons (Fsp3) is 0.621. The van der Waals surface area contributed by atoms with Crippen LogP contribution in [0.4, 0.5) is 0 Å². The minimum atomic E-state index is -2.60. The van der Waals surface area contributed by atoms with Crippen molar-refractivity contribution in [3.63, 3.8) is 0 Å².